The molecule has 0 spiro atoms. The van der Waals surface area contributed by atoms with Gasteiger partial charge in [-0.15, -0.1) is 0 Å². The second-order valence-corrected chi connectivity index (χ2v) is 2.93. The molecule has 4 heteroatoms. The Morgan fingerprint density at radius 3 is 2.57 bits per heavy atom. The van der Waals surface area contributed by atoms with E-state index in [1.54, 1.807) is 29.2 Å². The second kappa shape index (κ2) is 3.59. The SMILES string of the molecule is OCc1cnn(-c2ccc(F)cc2)c1. The number of hydrogen-bond donors (Lipinski definition) is 1. The summed E-state index contributed by atoms with van der Waals surface area (Å²) in [5, 5.41) is 12.8. The zero-order valence-electron chi connectivity index (χ0n) is 7.39. The molecule has 0 bridgehead atoms. The maximum Gasteiger partial charge on any atom is 0.123 e. The molecule has 14 heavy (non-hydrogen) atoms. The molecule has 1 heterocycles. The molecular formula is C10H9FN2O. The highest BCUT2D eigenvalue weighted by Crippen LogP contribution is 2.09. The van der Waals surface area contributed by atoms with E-state index in [4.69, 9.17) is 5.11 Å². The van der Waals surface area contributed by atoms with Crippen LogP contribution in [0.15, 0.2) is 36.7 Å². The summed E-state index contributed by atoms with van der Waals surface area (Å²) in [4.78, 5) is 0. The van der Waals surface area contributed by atoms with Crippen LogP contribution in [0.25, 0.3) is 5.69 Å². The van der Waals surface area contributed by atoms with Gasteiger partial charge in [-0.25, -0.2) is 9.07 Å². The van der Waals surface area contributed by atoms with Crippen LogP contribution in [0.3, 0.4) is 0 Å². The lowest BCUT2D eigenvalue weighted by molar-refractivity contribution is 0.282. The number of rotatable bonds is 2. The average Bonchev–Trinajstić information content (AvgIpc) is 2.67. The largest absolute Gasteiger partial charge is 0.392 e. The number of aliphatic hydroxyl groups excluding tert-OH is 1. The fraction of sp³-hybridized carbons (Fsp3) is 0.100. The van der Waals surface area contributed by atoms with Gasteiger partial charge in [-0.1, -0.05) is 0 Å². The Bertz CT molecular complexity index is 422. The van der Waals surface area contributed by atoms with Gasteiger partial charge in [0.15, 0.2) is 0 Å². The summed E-state index contributed by atoms with van der Waals surface area (Å²) < 4.78 is 14.2. The van der Waals surface area contributed by atoms with Crippen LogP contribution in [-0.2, 0) is 6.61 Å². The molecule has 0 aliphatic rings. The first-order valence-electron chi connectivity index (χ1n) is 4.20. The van der Waals surface area contributed by atoms with Crippen molar-refractivity contribution in [3.63, 3.8) is 0 Å². The Morgan fingerprint density at radius 1 is 1.29 bits per heavy atom. The molecule has 0 radical (unpaired) electrons. The molecule has 0 unspecified atom stereocenters. The van der Waals surface area contributed by atoms with E-state index in [-0.39, 0.29) is 12.4 Å². The maximum atomic E-state index is 12.6. The highest BCUT2D eigenvalue weighted by atomic mass is 19.1. The summed E-state index contributed by atoms with van der Waals surface area (Å²) in [6.07, 6.45) is 3.27. The van der Waals surface area contributed by atoms with Crippen LogP contribution in [0.2, 0.25) is 0 Å². The van der Waals surface area contributed by atoms with Crippen molar-refractivity contribution in [3.8, 4) is 5.69 Å². The van der Waals surface area contributed by atoms with Gasteiger partial charge >= 0.3 is 0 Å². The molecule has 0 atom stereocenters. The van der Waals surface area contributed by atoms with E-state index in [1.807, 2.05) is 0 Å². The zero-order valence-corrected chi connectivity index (χ0v) is 7.39. The number of aromatic nitrogens is 2. The number of aliphatic hydroxyl groups is 1. The Hall–Kier alpha value is -1.68. The summed E-state index contributed by atoms with van der Waals surface area (Å²) in [5.74, 6) is -0.275. The van der Waals surface area contributed by atoms with Crippen LogP contribution >= 0.6 is 0 Å². The van der Waals surface area contributed by atoms with Crippen molar-refractivity contribution in [1.29, 1.82) is 0 Å². The Kier molecular flexibility index (Phi) is 2.28. The number of nitrogens with zero attached hydrogens (tertiary/aromatic N) is 2. The molecule has 72 valence electrons. The molecule has 1 aromatic heterocycles. The Balaban J connectivity index is 2.34. The fourth-order valence-electron chi connectivity index (χ4n) is 1.18. The van der Waals surface area contributed by atoms with Gasteiger partial charge in [0.25, 0.3) is 0 Å². The Morgan fingerprint density at radius 2 is 2.00 bits per heavy atom. The molecule has 0 aliphatic carbocycles. The minimum atomic E-state index is -0.275. The molecule has 0 fully saturated rings. The van der Waals surface area contributed by atoms with Crippen molar-refractivity contribution in [2.24, 2.45) is 0 Å². The van der Waals surface area contributed by atoms with E-state index < -0.39 is 0 Å². The van der Waals surface area contributed by atoms with Gasteiger partial charge in [-0.3, -0.25) is 0 Å². The maximum absolute atomic E-state index is 12.6. The molecule has 2 aromatic rings. The fourth-order valence-corrected chi connectivity index (χ4v) is 1.18. The van der Waals surface area contributed by atoms with Crippen molar-refractivity contribution < 1.29 is 9.50 Å². The van der Waals surface area contributed by atoms with Gasteiger partial charge in [0, 0.05) is 11.8 Å². The number of hydrogen-bond acceptors (Lipinski definition) is 2. The predicted octanol–water partition coefficient (Wildman–Crippen LogP) is 1.50. The van der Waals surface area contributed by atoms with Crippen LogP contribution in [0.4, 0.5) is 4.39 Å². The van der Waals surface area contributed by atoms with Crippen molar-refractivity contribution in [2.45, 2.75) is 6.61 Å². The molecule has 0 amide bonds. The molecule has 2 rings (SSSR count). The van der Waals surface area contributed by atoms with Gasteiger partial charge in [0.05, 0.1) is 18.5 Å². The topological polar surface area (TPSA) is 38.1 Å². The van der Waals surface area contributed by atoms with E-state index in [0.717, 1.165) is 11.3 Å². The van der Waals surface area contributed by atoms with E-state index >= 15 is 0 Å². The van der Waals surface area contributed by atoms with E-state index in [1.165, 1.54) is 12.1 Å². The quantitative estimate of drug-likeness (QED) is 0.783. The van der Waals surface area contributed by atoms with Gasteiger partial charge in [0.2, 0.25) is 0 Å². The van der Waals surface area contributed by atoms with Crippen LogP contribution < -0.4 is 0 Å². The minimum Gasteiger partial charge on any atom is -0.392 e. The van der Waals surface area contributed by atoms with Gasteiger partial charge in [-0.2, -0.15) is 5.10 Å². The van der Waals surface area contributed by atoms with E-state index in [0.29, 0.717) is 0 Å². The van der Waals surface area contributed by atoms with Gasteiger partial charge in [-0.05, 0) is 24.3 Å². The lowest BCUT2D eigenvalue weighted by atomic mass is 10.3. The smallest absolute Gasteiger partial charge is 0.123 e. The van der Waals surface area contributed by atoms with Gasteiger partial charge < -0.3 is 5.11 Å². The third-order valence-electron chi connectivity index (χ3n) is 1.91. The van der Waals surface area contributed by atoms with Crippen LogP contribution in [0.1, 0.15) is 5.56 Å². The summed E-state index contributed by atoms with van der Waals surface area (Å²) >= 11 is 0. The second-order valence-electron chi connectivity index (χ2n) is 2.93. The lowest BCUT2D eigenvalue weighted by Gasteiger charge is -1.99. The number of halogens is 1. The standard InChI is InChI=1S/C10H9FN2O/c11-9-1-3-10(4-2-9)13-6-8(7-14)5-12-13/h1-6,14H,7H2. The molecule has 1 N–H and O–H groups in total. The van der Waals surface area contributed by atoms with E-state index in [2.05, 4.69) is 5.10 Å². The highest BCUT2D eigenvalue weighted by molar-refractivity contribution is 5.31. The summed E-state index contributed by atoms with van der Waals surface area (Å²) in [7, 11) is 0. The Labute approximate surface area is 80.4 Å². The summed E-state index contributed by atoms with van der Waals surface area (Å²) in [6.45, 7) is -0.0405. The van der Waals surface area contributed by atoms with Crippen molar-refractivity contribution in [3.05, 3.63) is 48.0 Å². The first-order chi connectivity index (χ1) is 6.79. The van der Waals surface area contributed by atoms with E-state index in [9.17, 15) is 4.39 Å². The lowest BCUT2D eigenvalue weighted by Crippen LogP contribution is -1.93. The zero-order chi connectivity index (χ0) is 9.97. The predicted molar refractivity (Wildman–Crippen MR) is 49.4 cm³/mol. The molecule has 0 saturated heterocycles. The first kappa shape index (κ1) is 8.90. The average molecular weight is 192 g/mol. The normalized spacial score (nSPS) is 10.4. The third kappa shape index (κ3) is 1.65. The van der Waals surface area contributed by atoms with Crippen molar-refractivity contribution >= 4 is 0 Å². The summed E-state index contributed by atoms with van der Waals surface area (Å²) in [6, 6.07) is 6.00. The van der Waals surface area contributed by atoms with Crippen LogP contribution in [-0.4, -0.2) is 14.9 Å². The summed E-state index contributed by atoms with van der Waals surface area (Å²) in [5.41, 5.74) is 1.50. The van der Waals surface area contributed by atoms with Crippen LogP contribution in [0, 0.1) is 5.82 Å². The first-order valence-corrected chi connectivity index (χ1v) is 4.20. The van der Waals surface area contributed by atoms with Gasteiger partial charge in [0.1, 0.15) is 5.82 Å². The third-order valence-corrected chi connectivity index (χ3v) is 1.91. The molecule has 3 nitrogen and oxygen atoms in total. The molecule has 0 aliphatic heterocycles. The minimum absolute atomic E-state index is 0.0405. The molecular weight excluding hydrogens is 183 g/mol. The highest BCUT2D eigenvalue weighted by Gasteiger charge is 1.99. The van der Waals surface area contributed by atoms with Crippen molar-refractivity contribution in [2.75, 3.05) is 0 Å². The number of benzene rings is 1. The van der Waals surface area contributed by atoms with Crippen molar-refractivity contribution in [1.82, 2.24) is 9.78 Å². The monoisotopic (exact) mass is 192 g/mol. The molecule has 0 saturated carbocycles. The van der Waals surface area contributed by atoms with Crippen LogP contribution in [0.5, 0.6) is 0 Å². The molecule has 1 aromatic carbocycles.